The quantitative estimate of drug-likeness (QED) is 0.813. The van der Waals surface area contributed by atoms with Crippen LogP contribution in [0.3, 0.4) is 0 Å². The Morgan fingerprint density at radius 3 is 2.31 bits per heavy atom. The number of ether oxygens (including phenoxy) is 1. The molecule has 1 heterocycles. The van der Waals surface area contributed by atoms with Crippen LogP contribution in [0.2, 0.25) is 0 Å². The number of sulfonamides is 1. The Kier molecular flexibility index (Phi) is 6.41. The molecule has 0 bridgehead atoms. The van der Waals surface area contributed by atoms with Gasteiger partial charge in [-0.2, -0.15) is 4.31 Å². The van der Waals surface area contributed by atoms with E-state index in [9.17, 15) is 13.2 Å². The van der Waals surface area contributed by atoms with Gasteiger partial charge in [0.2, 0.25) is 10.0 Å². The molecule has 7 heteroatoms. The molecule has 1 atom stereocenters. The van der Waals surface area contributed by atoms with Crippen molar-refractivity contribution < 1.29 is 17.9 Å². The van der Waals surface area contributed by atoms with Gasteiger partial charge in [-0.15, -0.1) is 0 Å². The Bertz CT molecular complexity index is 1010. The molecule has 6 nitrogen and oxygen atoms in total. The monoisotopic (exact) mass is 416 g/mol. The van der Waals surface area contributed by atoms with Gasteiger partial charge in [-0.05, 0) is 62.1 Å². The Balaban J connectivity index is 1.82. The highest BCUT2D eigenvalue weighted by atomic mass is 32.2. The third-order valence-corrected chi connectivity index (χ3v) is 7.46. The first kappa shape index (κ1) is 21.5. The minimum absolute atomic E-state index is 0.172. The van der Waals surface area contributed by atoms with Crippen LogP contribution in [0, 0.1) is 20.8 Å². The third-order valence-electron chi connectivity index (χ3n) is 5.42. The molecule has 2 aromatic rings. The van der Waals surface area contributed by atoms with Crippen LogP contribution in [0.1, 0.15) is 45.6 Å². The van der Waals surface area contributed by atoms with E-state index < -0.39 is 10.0 Å². The van der Waals surface area contributed by atoms with Gasteiger partial charge in [-0.1, -0.05) is 24.3 Å². The van der Waals surface area contributed by atoms with Gasteiger partial charge in [-0.25, -0.2) is 8.42 Å². The number of hydrogen-bond acceptors (Lipinski definition) is 4. The second kappa shape index (κ2) is 8.65. The number of nitrogens with zero attached hydrogens (tertiary/aromatic N) is 1. The molecule has 0 saturated carbocycles. The van der Waals surface area contributed by atoms with Gasteiger partial charge in [-0.3, -0.25) is 4.79 Å². The molecule has 1 fully saturated rings. The van der Waals surface area contributed by atoms with E-state index in [2.05, 4.69) is 11.4 Å². The average molecular weight is 417 g/mol. The van der Waals surface area contributed by atoms with Crippen molar-refractivity contribution in [1.29, 1.82) is 0 Å². The maximum Gasteiger partial charge on any atom is 0.251 e. The van der Waals surface area contributed by atoms with Crippen molar-refractivity contribution in [2.45, 2.75) is 38.6 Å². The number of carbonyl (C=O) groups excluding carboxylic acids is 1. The number of aryl methyl sites for hydroxylation is 3. The summed E-state index contributed by atoms with van der Waals surface area (Å²) >= 11 is 0. The Morgan fingerprint density at radius 2 is 1.66 bits per heavy atom. The highest BCUT2D eigenvalue weighted by Crippen LogP contribution is 2.23. The van der Waals surface area contributed by atoms with Gasteiger partial charge >= 0.3 is 0 Å². The van der Waals surface area contributed by atoms with Crippen molar-refractivity contribution in [3.63, 3.8) is 0 Å². The van der Waals surface area contributed by atoms with Crippen molar-refractivity contribution >= 4 is 15.9 Å². The molecule has 0 aliphatic carbocycles. The van der Waals surface area contributed by atoms with Crippen LogP contribution in [0.15, 0.2) is 41.3 Å². The zero-order chi connectivity index (χ0) is 21.2. The summed E-state index contributed by atoms with van der Waals surface area (Å²) in [5, 5.41) is 2.97. The predicted molar refractivity (Wildman–Crippen MR) is 113 cm³/mol. The zero-order valence-corrected chi connectivity index (χ0v) is 18.2. The lowest BCUT2D eigenvalue weighted by Crippen LogP contribution is -2.41. The maximum atomic E-state index is 13.0. The number of carbonyl (C=O) groups is 1. The highest BCUT2D eigenvalue weighted by molar-refractivity contribution is 7.89. The zero-order valence-electron chi connectivity index (χ0n) is 17.4. The first-order valence-corrected chi connectivity index (χ1v) is 11.2. The van der Waals surface area contributed by atoms with Gasteiger partial charge in [0.1, 0.15) is 0 Å². The molecule has 2 aromatic carbocycles. The van der Waals surface area contributed by atoms with E-state index in [1.54, 1.807) is 19.1 Å². The van der Waals surface area contributed by atoms with Crippen molar-refractivity contribution in [3.05, 3.63) is 64.2 Å². The van der Waals surface area contributed by atoms with Crippen molar-refractivity contribution in [2.24, 2.45) is 0 Å². The maximum absolute atomic E-state index is 13.0. The minimum Gasteiger partial charge on any atom is -0.379 e. The second-order valence-electron chi connectivity index (χ2n) is 7.54. The summed E-state index contributed by atoms with van der Waals surface area (Å²) in [6.45, 7) is 9.15. The minimum atomic E-state index is -3.67. The average Bonchev–Trinajstić information content (AvgIpc) is 2.70. The molecule has 29 heavy (non-hydrogen) atoms. The topological polar surface area (TPSA) is 75.7 Å². The molecular weight excluding hydrogens is 388 g/mol. The second-order valence-corrected chi connectivity index (χ2v) is 9.44. The lowest BCUT2D eigenvalue weighted by molar-refractivity contribution is 0.0730. The SMILES string of the molecule is Cc1ccc(C(C)NC(=O)c2ccc(C)c(S(=O)(=O)N3CCOCC3)c2)cc1C. The van der Waals surface area contributed by atoms with Gasteiger partial charge in [0.15, 0.2) is 0 Å². The van der Waals surface area contributed by atoms with E-state index in [4.69, 9.17) is 4.74 Å². The number of morpholine rings is 1. The van der Waals surface area contributed by atoms with Gasteiger partial charge in [0, 0.05) is 18.7 Å². The normalized spacial score (nSPS) is 16.4. The Morgan fingerprint density at radius 1 is 1.00 bits per heavy atom. The van der Waals surface area contributed by atoms with E-state index in [-0.39, 0.29) is 16.8 Å². The molecule has 1 aliphatic heterocycles. The van der Waals surface area contributed by atoms with Crippen LogP contribution in [0.4, 0.5) is 0 Å². The predicted octanol–water partition coefficient (Wildman–Crippen LogP) is 3.12. The first-order chi connectivity index (χ1) is 13.7. The lowest BCUT2D eigenvalue weighted by Gasteiger charge is -2.27. The molecule has 156 valence electrons. The fraction of sp³-hybridized carbons (Fsp3) is 0.409. The lowest BCUT2D eigenvalue weighted by atomic mass is 10.0. The smallest absolute Gasteiger partial charge is 0.251 e. The van der Waals surface area contributed by atoms with Gasteiger partial charge in [0.05, 0.1) is 24.2 Å². The fourth-order valence-corrected chi connectivity index (χ4v) is 5.00. The van der Waals surface area contributed by atoms with Crippen LogP contribution < -0.4 is 5.32 Å². The van der Waals surface area contributed by atoms with Crippen molar-refractivity contribution in [1.82, 2.24) is 9.62 Å². The fourth-order valence-electron chi connectivity index (χ4n) is 3.34. The number of hydrogen-bond donors (Lipinski definition) is 1. The van der Waals surface area contributed by atoms with Crippen LogP contribution in [-0.4, -0.2) is 44.9 Å². The molecule has 1 unspecified atom stereocenters. The summed E-state index contributed by atoms with van der Waals surface area (Å²) in [5.41, 5.74) is 4.32. The first-order valence-electron chi connectivity index (χ1n) is 9.76. The molecule has 1 N–H and O–H groups in total. The van der Waals surface area contributed by atoms with E-state index in [1.165, 1.54) is 15.9 Å². The molecule has 1 saturated heterocycles. The molecule has 3 rings (SSSR count). The van der Waals surface area contributed by atoms with Crippen LogP contribution in [0.25, 0.3) is 0 Å². The highest BCUT2D eigenvalue weighted by Gasteiger charge is 2.28. The van der Waals surface area contributed by atoms with Gasteiger partial charge in [0.25, 0.3) is 5.91 Å². The van der Waals surface area contributed by atoms with E-state index in [1.807, 2.05) is 32.9 Å². The molecule has 1 aliphatic rings. The van der Waals surface area contributed by atoms with Crippen LogP contribution in [0.5, 0.6) is 0 Å². The molecule has 0 radical (unpaired) electrons. The largest absolute Gasteiger partial charge is 0.379 e. The van der Waals surface area contributed by atoms with E-state index >= 15 is 0 Å². The molecule has 0 aromatic heterocycles. The van der Waals surface area contributed by atoms with Gasteiger partial charge < -0.3 is 10.1 Å². The summed E-state index contributed by atoms with van der Waals surface area (Å²) in [5.74, 6) is -0.297. The number of rotatable bonds is 5. The van der Waals surface area contributed by atoms with Crippen LogP contribution in [-0.2, 0) is 14.8 Å². The number of amides is 1. The third kappa shape index (κ3) is 4.69. The Hall–Kier alpha value is -2.22. The summed E-state index contributed by atoms with van der Waals surface area (Å²) < 4.78 is 32.7. The van der Waals surface area contributed by atoms with Crippen molar-refractivity contribution in [2.75, 3.05) is 26.3 Å². The summed E-state index contributed by atoms with van der Waals surface area (Å²) in [6.07, 6.45) is 0. The van der Waals surface area contributed by atoms with E-state index in [0.29, 0.717) is 37.4 Å². The molecule has 1 amide bonds. The molecular formula is C22H28N2O4S. The summed E-state index contributed by atoms with van der Waals surface area (Å²) in [4.78, 5) is 13.0. The van der Waals surface area contributed by atoms with E-state index in [0.717, 1.165) is 11.1 Å². The summed E-state index contributed by atoms with van der Waals surface area (Å²) in [6, 6.07) is 10.7. The van der Waals surface area contributed by atoms with Crippen molar-refractivity contribution in [3.8, 4) is 0 Å². The number of nitrogens with one attached hydrogen (secondary N) is 1. The number of benzene rings is 2. The van der Waals surface area contributed by atoms with Crippen LogP contribution >= 0.6 is 0 Å². The summed E-state index contributed by atoms with van der Waals surface area (Å²) in [7, 11) is -3.67. The molecule has 0 spiro atoms. The standard InChI is InChI=1S/C22H28N2O4S/c1-15-5-7-19(13-17(15)3)18(4)23-22(25)20-8-6-16(2)21(14-20)29(26,27)24-9-11-28-12-10-24/h5-8,13-14,18H,9-12H2,1-4H3,(H,23,25). The Labute approximate surface area is 172 Å².